The predicted octanol–water partition coefficient (Wildman–Crippen LogP) is 3.95. The van der Waals surface area contributed by atoms with Crippen LogP contribution in [0, 0.1) is 19.8 Å². The zero-order chi connectivity index (χ0) is 23.7. The van der Waals surface area contributed by atoms with E-state index in [9.17, 15) is 9.59 Å². The molecule has 0 spiro atoms. The normalized spacial score (nSPS) is 22.2. The highest BCUT2D eigenvalue weighted by molar-refractivity contribution is 7.98. The van der Waals surface area contributed by atoms with E-state index in [1.54, 1.807) is 6.07 Å². The zero-order valence-electron chi connectivity index (χ0n) is 19.1. The van der Waals surface area contributed by atoms with Gasteiger partial charge in [0, 0.05) is 39.9 Å². The molecule has 0 saturated heterocycles. The number of carbonyl (C=O) groups excluding carboxylic acids is 1. The Kier molecular flexibility index (Phi) is 7.26. The molecule has 1 amide bonds. The number of ether oxygens (including phenoxy) is 2. The monoisotopic (exact) mass is 491 g/mol. The highest BCUT2D eigenvalue weighted by Gasteiger charge is 2.34. The second-order valence-electron chi connectivity index (χ2n) is 8.84. The van der Waals surface area contributed by atoms with Crippen molar-refractivity contribution in [3.05, 3.63) is 49.9 Å². The first kappa shape index (κ1) is 24.0. The molecule has 7 nitrogen and oxygen atoms in total. The minimum atomic E-state index is -0.321. The number of rotatable bonds is 5. The molecule has 2 aliphatic rings. The number of benzene rings is 1. The van der Waals surface area contributed by atoms with E-state index >= 15 is 0 Å². The fourth-order valence-electron chi connectivity index (χ4n) is 4.61. The summed E-state index contributed by atoms with van der Waals surface area (Å²) in [6, 6.07) is 3.76. The number of halogens is 1. The standard InChI is InChI=1S/C24H30ClN3O4S/c1-12-8-20(33-3)17(24(30)28-12)10-27-23(29)16-9-18(25)22-21(13(16)2)32-19(11-31-22)14-4-6-15(26)7-5-14/h8-9,14-15,19H,4-7,10-11,26H2,1-3H3,(H,27,29)(H,28,30). The van der Waals surface area contributed by atoms with E-state index in [2.05, 4.69) is 10.3 Å². The summed E-state index contributed by atoms with van der Waals surface area (Å²) in [6.07, 6.45) is 5.78. The number of hydrogen-bond acceptors (Lipinski definition) is 6. The van der Waals surface area contributed by atoms with Gasteiger partial charge in [-0.1, -0.05) is 11.6 Å². The van der Waals surface area contributed by atoms with Gasteiger partial charge in [-0.25, -0.2) is 0 Å². The van der Waals surface area contributed by atoms with Crippen molar-refractivity contribution in [1.82, 2.24) is 10.3 Å². The number of aromatic nitrogens is 1. The van der Waals surface area contributed by atoms with E-state index in [0.717, 1.165) is 36.3 Å². The molecule has 33 heavy (non-hydrogen) atoms. The van der Waals surface area contributed by atoms with Gasteiger partial charge in [0.15, 0.2) is 11.5 Å². The molecule has 0 radical (unpaired) electrons. The van der Waals surface area contributed by atoms with E-state index in [-0.39, 0.29) is 30.2 Å². The van der Waals surface area contributed by atoms with E-state index in [0.29, 0.717) is 45.7 Å². The first-order valence-corrected chi connectivity index (χ1v) is 12.8. The minimum absolute atomic E-state index is 0.0895. The Morgan fingerprint density at radius 2 is 1.97 bits per heavy atom. The van der Waals surface area contributed by atoms with Gasteiger partial charge in [0.1, 0.15) is 12.7 Å². The van der Waals surface area contributed by atoms with E-state index in [4.69, 9.17) is 26.8 Å². The molecule has 2 heterocycles. The lowest BCUT2D eigenvalue weighted by molar-refractivity contribution is 0.0315. The van der Waals surface area contributed by atoms with Gasteiger partial charge in [-0.3, -0.25) is 9.59 Å². The molecule has 9 heteroatoms. The smallest absolute Gasteiger partial charge is 0.254 e. The third-order valence-corrected chi connectivity index (χ3v) is 7.65. The lowest BCUT2D eigenvalue weighted by atomic mass is 9.83. The molecule has 4 rings (SSSR count). The van der Waals surface area contributed by atoms with Crippen LogP contribution in [0.15, 0.2) is 21.8 Å². The number of nitrogens with one attached hydrogen (secondary N) is 2. The first-order chi connectivity index (χ1) is 15.8. The van der Waals surface area contributed by atoms with Crippen molar-refractivity contribution >= 4 is 29.3 Å². The highest BCUT2D eigenvalue weighted by atomic mass is 35.5. The Hall–Kier alpha value is -2.16. The van der Waals surface area contributed by atoms with Crippen LogP contribution in [0.25, 0.3) is 0 Å². The van der Waals surface area contributed by atoms with Crippen LogP contribution in [0.1, 0.15) is 52.9 Å². The fourth-order valence-corrected chi connectivity index (χ4v) is 5.57. The Labute approximate surface area is 202 Å². The fraction of sp³-hybridized carbons (Fsp3) is 0.500. The number of hydrogen-bond donors (Lipinski definition) is 3. The van der Waals surface area contributed by atoms with Crippen molar-refractivity contribution < 1.29 is 14.3 Å². The van der Waals surface area contributed by atoms with Gasteiger partial charge in [-0.15, -0.1) is 11.8 Å². The number of fused-ring (bicyclic) bond motifs is 1. The quantitative estimate of drug-likeness (QED) is 0.547. The Morgan fingerprint density at radius 1 is 1.24 bits per heavy atom. The van der Waals surface area contributed by atoms with Crippen molar-refractivity contribution in [3.8, 4) is 11.5 Å². The maximum absolute atomic E-state index is 13.1. The summed E-state index contributed by atoms with van der Waals surface area (Å²) in [5.41, 5.74) is 8.23. The first-order valence-electron chi connectivity index (χ1n) is 11.2. The second-order valence-corrected chi connectivity index (χ2v) is 10.1. The molecule has 1 saturated carbocycles. The summed E-state index contributed by atoms with van der Waals surface area (Å²) < 4.78 is 12.3. The van der Waals surface area contributed by atoms with Gasteiger partial charge < -0.3 is 25.5 Å². The molecule has 1 aliphatic carbocycles. The zero-order valence-corrected chi connectivity index (χ0v) is 20.7. The predicted molar refractivity (Wildman–Crippen MR) is 131 cm³/mol. The van der Waals surface area contributed by atoms with E-state index in [1.807, 2.05) is 26.2 Å². The van der Waals surface area contributed by atoms with Crippen molar-refractivity contribution in [1.29, 1.82) is 0 Å². The molecule has 1 aromatic heterocycles. The second kappa shape index (κ2) is 9.99. The van der Waals surface area contributed by atoms with Gasteiger partial charge in [-0.2, -0.15) is 0 Å². The summed E-state index contributed by atoms with van der Waals surface area (Å²) in [5.74, 6) is 1.05. The van der Waals surface area contributed by atoms with Crippen LogP contribution in [0.3, 0.4) is 0 Å². The molecule has 1 aromatic carbocycles. The van der Waals surface area contributed by atoms with Gasteiger partial charge >= 0.3 is 0 Å². The number of amides is 1. The largest absolute Gasteiger partial charge is 0.484 e. The number of nitrogens with two attached hydrogens (primary N) is 1. The summed E-state index contributed by atoms with van der Waals surface area (Å²) >= 11 is 7.94. The van der Waals surface area contributed by atoms with Crippen LogP contribution in [-0.2, 0) is 6.54 Å². The van der Waals surface area contributed by atoms with Crippen LogP contribution in [-0.4, -0.2) is 35.9 Å². The summed E-state index contributed by atoms with van der Waals surface area (Å²) in [4.78, 5) is 29.1. The van der Waals surface area contributed by atoms with Gasteiger partial charge in [-0.05, 0) is 63.8 Å². The molecular weight excluding hydrogens is 462 g/mol. The average molecular weight is 492 g/mol. The summed E-state index contributed by atoms with van der Waals surface area (Å²) in [5, 5.41) is 3.20. The van der Waals surface area contributed by atoms with Gasteiger partial charge in [0.05, 0.1) is 5.02 Å². The number of pyridine rings is 1. The van der Waals surface area contributed by atoms with E-state index < -0.39 is 0 Å². The SMILES string of the molecule is CSc1cc(C)[nH]c(=O)c1CNC(=O)c1cc(Cl)c2c(c1C)OC(C1CCC(N)CC1)CO2. The van der Waals surface area contributed by atoms with Crippen molar-refractivity contribution in [2.45, 2.75) is 63.1 Å². The van der Waals surface area contributed by atoms with Crippen molar-refractivity contribution in [2.24, 2.45) is 11.7 Å². The van der Waals surface area contributed by atoms with Gasteiger partial charge in [0.25, 0.3) is 11.5 Å². The molecule has 2 aromatic rings. The molecule has 1 fully saturated rings. The Bertz CT molecular complexity index is 1110. The molecule has 178 valence electrons. The molecule has 1 unspecified atom stereocenters. The maximum Gasteiger partial charge on any atom is 0.254 e. The molecule has 4 N–H and O–H groups in total. The third kappa shape index (κ3) is 5.03. The lowest BCUT2D eigenvalue weighted by Gasteiger charge is -2.36. The number of thioether (sulfide) groups is 1. The van der Waals surface area contributed by atoms with Crippen molar-refractivity contribution in [2.75, 3.05) is 12.9 Å². The number of aryl methyl sites for hydroxylation is 1. The van der Waals surface area contributed by atoms with Crippen LogP contribution in [0.2, 0.25) is 5.02 Å². The highest BCUT2D eigenvalue weighted by Crippen LogP contribution is 2.44. The summed E-state index contributed by atoms with van der Waals surface area (Å²) in [6.45, 7) is 4.21. The molecular formula is C24H30ClN3O4S. The average Bonchev–Trinajstić information content (AvgIpc) is 2.80. The van der Waals surface area contributed by atoms with Crippen LogP contribution < -0.4 is 26.1 Å². The summed E-state index contributed by atoms with van der Waals surface area (Å²) in [7, 11) is 0. The topological polar surface area (TPSA) is 106 Å². The van der Waals surface area contributed by atoms with Crippen LogP contribution >= 0.6 is 23.4 Å². The van der Waals surface area contributed by atoms with Crippen LogP contribution in [0.4, 0.5) is 0 Å². The Balaban J connectivity index is 1.54. The number of H-pyrrole nitrogens is 1. The molecule has 1 aliphatic heterocycles. The maximum atomic E-state index is 13.1. The van der Waals surface area contributed by atoms with Crippen molar-refractivity contribution in [3.63, 3.8) is 0 Å². The molecule has 1 atom stereocenters. The third-order valence-electron chi connectivity index (χ3n) is 6.56. The number of carbonyl (C=O) groups is 1. The molecule has 0 bridgehead atoms. The van der Waals surface area contributed by atoms with E-state index in [1.165, 1.54) is 11.8 Å². The lowest BCUT2D eigenvalue weighted by Crippen LogP contribution is -2.40. The van der Waals surface area contributed by atoms with Gasteiger partial charge in [0.2, 0.25) is 0 Å². The number of aromatic amines is 1. The minimum Gasteiger partial charge on any atom is -0.484 e. The van der Waals surface area contributed by atoms with Crippen LogP contribution in [0.5, 0.6) is 11.5 Å². The Morgan fingerprint density at radius 3 is 2.67 bits per heavy atom.